The van der Waals surface area contributed by atoms with Crippen molar-refractivity contribution in [3.05, 3.63) is 105 Å². The maximum atomic E-state index is 12.9. The standard InChI is InChI=1S/C27H18N4O4/c1-30-22-10-7-15(12-23(22)31(2)27(30)35)11-16(14-28)26(34)29-17-8-9-20-21(13-17)25(33)19-6-4-3-5-18(19)24(20)32/h3-13H,1-2H3,(H,29,34)/b16-11+. The number of benzene rings is 3. The van der Waals surface area contributed by atoms with E-state index in [9.17, 15) is 24.4 Å². The Morgan fingerprint density at radius 2 is 1.46 bits per heavy atom. The van der Waals surface area contributed by atoms with Gasteiger partial charge in [0, 0.05) is 42.0 Å². The molecule has 0 radical (unpaired) electrons. The lowest BCUT2D eigenvalue weighted by Crippen LogP contribution is -2.21. The van der Waals surface area contributed by atoms with Crippen molar-refractivity contribution in [2.24, 2.45) is 14.1 Å². The summed E-state index contributed by atoms with van der Waals surface area (Å²) in [5.74, 6) is -1.22. The number of nitrogens with zero attached hydrogens (tertiary/aromatic N) is 3. The van der Waals surface area contributed by atoms with Crippen LogP contribution in [0.5, 0.6) is 0 Å². The first-order chi connectivity index (χ1) is 16.8. The van der Waals surface area contributed by atoms with Crippen molar-refractivity contribution in [3.8, 4) is 6.07 Å². The zero-order chi connectivity index (χ0) is 24.9. The fourth-order valence-corrected chi connectivity index (χ4v) is 4.30. The molecule has 35 heavy (non-hydrogen) atoms. The van der Waals surface area contributed by atoms with Gasteiger partial charge >= 0.3 is 5.69 Å². The molecule has 1 aliphatic rings. The molecule has 0 bridgehead atoms. The molecule has 3 aromatic carbocycles. The number of carbonyl (C=O) groups is 3. The largest absolute Gasteiger partial charge is 0.328 e. The molecule has 1 amide bonds. The maximum Gasteiger partial charge on any atom is 0.328 e. The molecule has 1 N–H and O–H groups in total. The Hall–Kier alpha value is -5.03. The average Bonchev–Trinajstić information content (AvgIpc) is 3.09. The molecule has 1 aromatic heterocycles. The van der Waals surface area contributed by atoms with E-state index in [4.69, 9.17) is 0 Å². The normalized spacial score (nSPS) is 12.8. The van der Waals surface area contributed by atoms with E-state index in [0.29, 0.717) is 22.2 Å². The number of imidazole rings is 1. The highest BCUT2D eigenvalue weighted by atomic mass is 16.2. The summed E-state index contributed by atoms with van der Waals surface area (Å²) in [5.41, 5.74) is 3.06. The number of rotatable bonds is 3. The lowest BCUT2D eigenvalue weighted by Gasteiger charge is -2.18. The fourth-order valence-electron chi connectivity index (χ4n) is 4.30. The lowest BCUT2D eigenvalue weighted by atomic mass is 9.84. The van der Waals surface area contributed by atoms with E-state index in [0.717, 1.165) is 5.52 Å². The van der Waals surface area contributed by atoms with Gasteiger partial charge in [0.05, 0.1) is 11.0 Å². The number of aryl methyl sites for hydroxylation is 2. The van der Waals surface area contributed by atoms with Crippen LogP contribution in [0.25, 0.3) is 17.1 Å². The van der Waals surface area contributed by atoms with E-state index in [1.807, 2.05) is 6.07 Å². The molecule has 1 heterocycles. The van der Waals surface area contributed by atoms with E-state index in [1.54, 1.807) is 56.6 Å². The number of hydrogen-bond acceptors (Lipinski definition) is 5. The van der Waals surface area contributed by atoms with Crippen LogP contribution >= 0.6 is 0 Å². The second kappa shape index (κ2) is 8.08. The van der Waals surface area contributed by atoms with Gasteiger partial charge in [-0.15, -0.1) is 0 Å². The lowest BCUT2D eigenvalue weighted by molar-refractivity contribution is -0.112. The average molecular weight is 462 g/mol. The first-order valence-electron chi connectivity index (χ1n) is 10.7. The van der Waals surface area contributed by atoms with Crippen LogP contribution in [-0.4, -0.2) is 26.6 Å². The predicted octanol–water partition coefficient (Wildman–Crippen LogP) is 3.20. The summed E-state index contributed by atoms with van der Waals surface area (Å²) in [5, 5.41) is 12.2. The predicted molar refractivity (Wildman–Crippen MR) is 130 cm³/mol. The van der Waals surface area contributed by atoms with E-state index < -0.39 is 5.91 Å². The van der Waals surface area contributed by atoms with Crippen LogP contribution in [0, 0.1) is 11.3 Å². The van der Waals surface area contributed by atoms with Gasteiger partial charge in [-0.1, -0.05) is 30.3 Å². The van der Waals surface area contributed by atoms with Crippen LogP contribution in [0.4, 0.5) is 5.69 Å². The minimum absolute atomic E-state index is 0.157. The topological polar surface area (TPSA) is 114 Å². The smallest absolute Gasteiger partial charge is 0.321 e. The fraction of sp³-hybridized carbons (Fsp3) is 0.0741. The molecule has 4 aromatic rings. The minimum Gasteiger partial charge on any atom is -0.321 e. The highest BCUT2D eigenvalue weighted by Gasteiger charge is 2.29. The van der Waals surface area contributed by atoms with E-state index in [-0.39, 0.29) is 39.6 Å². The van der Waals surface area contributed by atoms with Gasteiger partial charge in [-0.25, -0.2) is 4.79 Å². The van der Waals surface area contributed by atoms with Gasteiger partial charge in [0.15, 0.2) is 11.6 Å². The number of nitriles is 1. The van der Waals surface area contributed by atoms with Gasteiger partial charge in [0.25, 0.3) is 5.91 Å². The van der Waals surface area contributed by atoms with Crippen molar-refractivity contribution in [2.45, 2.75) is 0 Å². The van der Waals surface area contributed by atoms with Crippen molar-refractivity contribution >= 4 is 40.3 Å². The van der Waals surface area contributed by atoms with Crippen molar-refractivity contribution in [1.29, 1.82) is 5.26 Å². The first-order valence-corrected chi connectivity index (χ1v) is 10.7. The minimum atomic E-state index is -0.663. The van der Waals surface area contributed by atoms with Crippen LogP contribution in [-0.2, 0) is 18.9 Å². The molecule has 8 nitrogen and oxygen atoms in total. The number of hydrogen-bond donors (Lipinski definition) is 1. The SMILES string of the molecule is Cn1c(=O)n(C)c2cc(/C=C(\C#N)C(=O)Nc3ccc4c(c3)C(=O)c3ccccc3C4=O)ccc21. The van der Waals surface area contributed by atoms with Crippen molar-refractivity contribution in [2.75, 3.05) is 5.32 Å². The Balaban J connectivity index is 1.45. The van der Waals surface area contributed by atoms with Crippen LogP contribution in [0.2, 0.25) is 0 Å². The highest BCUT2D eigenvalue weighted by molar-refractivity contribution is 6.28. The summed E-state index contributed by atoms with van der Waals surface area (Å²) in [7, 11) is 3.32. The molecule has 170 valence electrons. The quantitative estimate of drug-likeness (QED) is 0.327. The van der Waals surface area contributed by atoms with Gasteiger partial charge in [0.2, 0.25) is 0 Å². The van der Waals surface area contributed by atoms with E-state index >= 15 is 0 Å². The third-order valence-corrected chi connectivity index (χ3v) is 6.16. The highest BCUT2D eigenvalue weighted by Crippen LogP contribution is 2.29. The number of fused-ring (bicyclic) bond motifs is 3. The Bertz CT molecular complexity index is 1730. The molecule has 0 fully saturated rings. The summed E-state index contributed by atoms with van der Waals surface area (Å²) in [4.78, 5) is 50.7. The van der Waals surface area contributed by atoms with Crippen molar-refractivity contribution < 1.29 is 14.4 Å². The summed E-state index contributed by atoms with van der Waals surface area (Å²) in [6, 6.07) is 18.2. The summed E-state index contributed by atoms with van der Waals surface area (Å²) in [6.07, 6.45) is 1.43. The second-order valence-electron chi connectivity index (χ2n) is 8.24. The number of amides is 1. The Kier molecular flexibility index (Phi) is 5.03. The zero-order valence-corrected chi connectivity index (χ0v) is 18.8. The molecule has 8 heteroatoms. The molecule has 1 aliphatic carbocycles. The van der Waals surface area contributed by atoms with Crippen LogP contribution in [0.1, 0.15) is 37.4 Å². The Morgan fingerprint density at radius 1 is 0.829 bits per heavy atom. The molecule has 0 spiro atoms. The third kappa shape index (κ3) is 3.47. The molecule has 0 unspecified atom stereocenters. The summed E-state index contributed by atoms with van der Waals surface area (Å²) >= 11 is 0. The number of ketones is 2. The molecular formula is C27H18N4O4. The van der Waals surface area contributed by atoms with Gasteiger partial charge in [-0.3, -0.25) is 23.5 Å². The van der Waals surface area contributed by atoms with Gasteiger partial charge in [-0.2, -0.15) is 5.26 Å². The molecule has 5 rings (SSSR count). The summed E-state index contributed by atoms with van der Waals surface area (Å²) < 4.78 is 3.00. The number of anilines is 1. The molecule has 0 saturated carbocycles. The van der Waals surface area contributed by atoms with Gasteiger partial charge in [-0.05, 0) is 42.0 Å². The van der Waals surface area contributed by atoms with Crippen LogP contribution in [0.3, 0.4) is 0 Å². The van der Waals surface area contributed by atoms with Crippen molar-refractivity contribution in [3.63, 3.8) is 0 Å². The zero-order valence-electron chi connectivity index (χ0n) is 18.8. The van der Waals surface area contributed by atoms with E-state index in [1.165, 1.54) is 33.4 Å². The van der Waals surface area contributed by atoms with Crippen LogP contribution < -0.4 is 11.0 Å². The van der Waals surface area contributed by atoms with Gasteiger partial charge < -0.3 is 5.32 Å². The Morgan fingerprint density at radius 3 is 2.14 bits per heavy atom. The van der Waals surface area contributed by atoms with Gasteiger partial charge in [0.1, 0.15) is 11.6 Å². The van der Waals surface area contributed by atoms with Crippen molar-refractivity contribution in [1.82, 2.24) is 9.13 Å². The summed E-state index contributed by atoms with van der Waals surface area (Å²) in [6.45, 7) is 0. The maximum absolute atomic E-state index is 12.9. The molecule has 0 saturated heterocycles. The van der Waals surface area contributed by atoms with Crippen LogP contribution in [0.15, 0.2) is 71.0 Å². The Labute approximate surface area is 199 Å². The second-order valence-corrected chi connectivity index (χ2v) is 8.24. The number of nitrogens with one attached hydrogen (secondary N) is 1. The molecule has 0 atom stereocenters. The molecular weight excluding hydrogens is 444 g/mol. The van der Waals surface area contributed by atoms with E-state index in [2.05, 4.69) is 5.32 Å². The monoisotopic (exact) mass is 462 g/mol. The number of aromatic nitrogens is 2. The molecule has 0 aliphatic heterocycles. The first kappa shape index (κ1) is 21.8. The number of carbonyl (C=O) groups excluding carboxylic acids is 3. The third-order valence-electron chi connectivity index (χ3n) is 6.16.